The Morgan fingerprint density at radius 2 is 2.00 bits per heavy atom. The summed E-state index contributed by atoms with van der Waals surface area (Å²) in [5.74, 6) is 0.0551. The van der Waals surface area contributed by atoms with Crippen LogP contribution in [0.4, 0.5) is 0 Å². The topological polar surface area (TPSA) is 61.8 Å². The molecule has 0 spiro atoms. The normalized spacial score (nSPS) is 24.2. The first kappa shape index (κ1) is 15.7. The highest BCUT2D eigenvalue weighted by Crippen LogP contribution is 2.22. The summed E-state index contributed by atoms with van der Waals surface area (Å²) in [5.41, 5.74) is 0. The van der Waals surface area contributed by atoms with Crippen molar-refractivity contribution in [2.45, 2.75) is 57.1 Å². The largest absolute Gasteiger partial charge is 0.395 e. The molecule has 1 aliphatic carbocycles. The minimum Gasteiger partial charge on any atom is -0.395 e. The molecule has 0 aromatic rings. The zero-order valence-electron chi connectivity index (χ0n) is 12.4. The van der Waals surface area contributed by atoms with Gasteiger partial charge in [-0.1, -0.05) is 19.3 Å². The van der Waals surface area contributed by atoms with E-state index >= 15 is 0 Å². The first-order valence-electron chi connectivity index (χ1n) is 8.03. The maximum absolute atomic E-state index is 12.0. The van der Waals surface area contributed by atoms with Crippen LogP contribution in [-0.4, -0.2) is 60.9 Å². The molecule has 5 heteroatoms. The van der Waals surface area contributed by atoms with E-state index in [0.29, 0.717) is 25.7 Å². The highest BCUT2D eigenvalue weighted by molar-refractivity contribution is 5.78. The van der Waals surface area contributed by atoms with Gasteiger partial charge in [0.05, 0.1) is 19.3 Å². The minimum absolute atomic E-state index is 0.0551. The number of ether oxygens (including phenoxy) is 1. The predicted molar refractivity (Wildman–Crippen MR) is 77.5 cm³/mol. The molecule has 2 fully saturated rings. The number of aliphatic hydroxyl groups excluding tert-OH is 1. The Bertz CT molecular complexity index is 287. The fourth-order valence-electron chi connectivity index (χ4n) is 3.24. The van der Waals surface area contributed by atoms with Crippen molar-refractivity contribution >= 4 is 5.91 Å². The summed E-state index contributed by atoms with van der Waals surface area (Å²) >= 11 is 0. The Kier molecular flexibility index (Phi) is 6.76. The molecule has 1 atom stereocenters. The molecule has 0 bridgehead atoms. The van der Waals surface area contributed by atoms with E-state index < -0.39 is 0 Å². The number of aliphatic hydroxyl groups is 1. The Labute approximate surface area is 121 Å². The van der Waals surface area contributed by atoms with Crippen LogP contribution in [0.3, 0.4) is 0 Å². The van der Waals surface area contributed by atoms with Crippen LogP contribution in [0.5, 0.6) is 0 Å². The van der Waals surface area contributed by atoms with Crippen LogP contribution in [0.1, 0.15) is 44.9 Å². The second kappa shape index (κ2) is 8.60. The standard InChI is InChI=1S/C15H28N2O3/c18-9-8-17(13-5-2-1-3-6-13)12-15(19)16-11-14-7-4-10-20-14/h13-14,18H,1-12H2,(H,16,19). The van der Waals surface area contributed by atoms with E-state index in [1.807, 2.05) is 0 Å². The lowest BCUT2D eigenvalue weighted by Gasteiger charge is -2.33. The first-order chi connectivity index (χ1) is 9.79. The van der Waals surface area contributed by atoms with Crippen LogP contribution in [-0.2, 0) is 9.53 Å². The van der Waals surface area contributed by atoms with Gasteiger partial charge in [-0.15, -0.1) is 0 Å². The Balaban J connectivity index is 1.72. The molecule has 2 aliphatic rings. The van der Waals surface area contributed by atoms with Crippen molar-refractivity contribution in [2.24, 2.45) is 0 Å². The van der Waals surface area contributed by atoms with Gasteiger partial charge in [0.1, 0.15) is 0 Å². The van der Waals surface area contributed by atoms with Crippen LogP contribution in [0.15, 0.2) is 0 Å². The van der Waals surface area contributed by atoms with E-state index in [4.69, 9.17) is 4.74 Å². The van der Waals surface area contributed by atoms with Crippen LogP contribution >= 0.6 is 0 Å². The fourth-order valence-corrected chi connectivity index (χ4v) is 3.24. The molecule has 1 amide bonds. The van der Waals surface area contributed by atoms with Gasteiger partial charge < -0.3 is 15.2 Å². The molecule has 5 nitrogen and oxygen atoms in total. The lowest BCUT2D eigenvalue weighted by molar-refractivity contribution is -0.123. The number of nitrogens with one attached hydrogen (secondary N) is 1. The molecule has 1 unspecified atom stereocenters. The number of carbonyl (C=O) groups is 1. The Morgan fingerprint density at radius 3 is 2.65 bits per heavy atom. The third-order valence-electron chi connectivity index (χ3n) is 4.38. The third kappa shape index (κ3) is 5.04. The van der Waals surface area contributed by atoms with E-state index in [-0.39, 0.29) is 18.6 Å². The lowest BCUT2D eigenvalue weighted by Crippen LogP contribution is -2.46. The maximum Gasteiger partial charge on any atom is 0.234 e. The number of nitrogens with zero attached hydrogens (tertiary/aromatic N) is 1. The summed E-state index contributed by atoms with van der Waals surface area (Å²) < 4.78 is 5.50. The zero-order chi connectivity index (χ0) is 14.2. The van der Waals surface area contributed by atoms with Crippen molar-refractivity contribution < 1.29 is 14.6 Å². The highest BCUT2D eigenvalue weighted by atomic mass is 16.5. The summed E-state index contributed by atoms with van der Waals surface area (Å²) in [5, 5.41) is 12.2. The number of amides is 1. The molecule has 1 saturated heterocycles. The summed E-state index contributed by atoms with van der Waals surface area (Å²) in [6.07, 6.45) is 8.42. The zero-order valence-corrected chi connectivity index (χ0v) is 12.4. The molecule has 116 valence electrons. The van der Waals surface area contributed by atoms with Gasteiger partial charge in [0, 0.05) is 25.7 Å². The molecular formula is C15H28N2O3. The van der Waals surface area contributed by atoms with Crippen LogP contribution < -0.4 is 5.32 Å². The van der Waals surface area contributed by atoms with Crippen molar-refractivity contribution in [3.63, 3.8) is 0 Å². The van der Waals surface area contributed by atoms with Gasteiger partial charge in [-0.2, -0.15) is 0 Å². The number of rotatable bonds is 7. The SMILES string of the molecule is O=C(CN(CCO)C1CCCCC1)NCC1CCCO1. The molecule has 1 saturated carbocycles. The van der Waals surface area contributed by atoms with Crippen LogP contribution in [0.2, 0.25) is 0 Å². The van der Waals surface area contributed by atoms with E-state index in [0.717, 1.165) is 32.3 Å². The molecule has 1 aliphatic heterocycles. The molecular weight excluding hydrogens is 256 g/mol. The van der Waals surface area contributed by atoms with Gasteiger partial charge in [-0.05, 0) is 25.7 Å². The molecule has 2 N–H and O–H groups in total. The van der Waals surface area contributed by atoms with Crippen molar-refractivity contribution in [3.05, 3.63) is 0 Å². The van der Waals surface area contributed by atoms with E-state index in [1.165, 1.54) is 19.3 Å². The first-order valence-corrected chi connectivity index (χ1v) is 8.03. The second-order valence-corrected chi connectivity index (χ2v) is 5.93. The van der Waals surface area contributed by atoms with E-state index in [2.05, 4.69) is 10.2 Å². The summed E-state index contributed by atoms with van der Waals surface area (Å²) in [6.45, 7) is 2.56. The quantitative estimate of drug-likeness (QED) is 0.729. The maximum atomic E-state index is 12.0. The molecule has 0 aromatic heterocycles. The number of carbonyl (C=O) groups excluding carboxylic acids is 1. The molecule has 1 heterocycles. The van der Waals surface area contributed by atoms with Gasteiger partial charge >= 0.3 is 0 Å². The van der Waals surface area contributed by atoms with Crippen molar-refractivity contribution in [2.75, 3.05) is 32.8 Å². The lowest BCUT2D eigenvalue weighted by atomic mass is 9.94. The highest BCUT2D eigenvalue weighted by Gasteiger charge is 2.23. The Hall–Kier alpha value is -0.650. The van der Waals surface area contributed by atoms with Gasteiger partial charge in [0.25, 0.3) is 0 Å². The monoisotopic (exact) mass is 284 g/mol. The summed E-state index contributed by atoms with van der Waals surface area (Å²) in [7, 11) is 0. The smallest absolute Gasteiger partial charge is 0.234 e. The van der Waals surface area contributed by atoms with Gasteiger partial charge in [-0.25, -0.2) is 0 Å². The van der Waals surface area contributed by atoms with Crippen LogP contribution in [0.25, 0.3) is 0 Å². The average Bonchev–Trinajstić information content (AvgIpc) is 2.99. The number of hydrogen-bond donors (Lipinski definition) is 2. The second-order valence-electron chi connectivity index (χ2n) is 5.93. The van der Waals surface area contributed by atoms with Crippen molar-refractivity contribution in [1.82, 2.24) is 10.2 Å². The van der Waals surface area contributed by atoms with E-state index in [1.54, 1.807) is 0 Å². The van der Waals surface area contributed by atoms with Crippen molar-refractivity contribution in [1.29, 1.82) is 0 Å². The molecule has 0 aromatic carbocycles. The summed E-state index contributed by atoms with van der Waals surface area (Å²) in [4.78, 5) is 14.2. The van der Waals surface area contributed by atoms with E-state index in [9.17, 15) is 9.90 Å². The third-order valence-corrected chi connectivity index (χ3v) is 4.38. The van der Waals surface area contributed by atoms with Crippen molar-refractivity contribution in [3.8, 4) is 0 Å². The average molecular weight is 284 g/mol. The van der Waals surface area contributed by atoms with Crippen LogP contribution in [0, 0.1) is 0 Å². The van der Waals surface area contributed by atoms with Gasteiger partial charge in [-0.3, -0.25) is 9.69 Å². The summed E-state index contributed by atoms with van der Waals surface area (Å²) in [6, 6.07) is 0.462. The number of hydrogen-bond acceptors (Lipinski definition) is 4. The van der Waals surface area contributed by atoms with Gasteiger partial charge in [0.2, 0.25) is 5.91 Å². The molecule has 0 radical (unpaired) electrons. The molecule has 2 rings (SSSR count). The fraction of sp³-hybridized carbons (Fsp3) is 0.933. The predicted octanol–water partition coefficient (Wildman–Crippen LogP) is 0.909. The Morgan fingerprint density at radius 1 is 1.20 bits per heavy atom. The van der Waals surface area contributed by atoms with Gasteiger partial charge in [0.15, 0.2) is 0 Å². The molecule has 20 heavy (non-hydrogen) atoms. The minimum atomic E-state index is 0.0551.